The number of nitrogens with zero attached hydrogens (tertiary/aromatic N) is 2. The van der Waals surface area contributed by atoms with Gasteiger partial charge in [-0.3, -0.25) is 4.79 Å². The molecule has 1 fully saturated rings. The zero-order valence-corrected chi connectivity index (χ0v) is 11.0. The van der Waals surface area contributed by atoms with Crippen molar-refractivity contribution >= 4 is 23.6 Å². The van der Waals surface area contributed by atoms with Gasteiger partial charge in [0.2, 0.25) is 0 Å². The number of hydrogen-bond donors (Lipinski definition) is 0. The third kappa shape index (κ3) is 3.54. The average Bonchev–Trinajstić information content (AvgIpc) is 2.87. The molecule has 9 heteroatoms. The molecule has 2 heterocycles. The van der Waals surface area contributed by atoms with Gasteiger partial charge in [-0.1, -0.05) is 0 Å². The third-order valence-electron chi connectivity index (χ3n) is 2.91. The Labute approximate surface area is 116 Å². The molecule has 0 unspecified atom stereocenters. The highest BCUT2D eigenvalue weighted by Crippen LogP contribution is 2.30. The van der Waals surface area contributed by atoms with Crippen LogP contribution in [0.4, 0.5) is 13.2 Å². The maximum atomic E-state index is 12.0. The van der Waals surface area contributed by atoms with E-state index in [-0.39, 0.29) is 19.0 Å². The van der Waals surface area contributed by atoms with E-state index in [1.165, 1.54) is 11.3 Å². The molecule has 0 saturated carbocycles. The van der Waals surface area contributed by atoms with Crippen LogP contribution >= 0.6 is 11.3 Å². The standard InChI is InChI=1S/C11H11F3N2O3S/c12-11(13,14)10(18)19-16-3-1-7(2-4-16)9-15-8(5-17)6-20-9/h5-7H,1-4H2. The molecule has 0 N–H and O–H groups in total. The molecule has 0 atom stereocenters. The van der Waals surface area contributed by atoms with Crippen molar-refractivity contribution in [2.75, 3.05) is 13.1 Å². The van der Waals surface area contributed by atoms with E-state index in [2.05, 4.69) is 9.82 Å². The smallest absolute Gasteiger partial charge is 0.361 e. The van der Waals surface area contributed by atoms with Crippen LogP contribution in [0, 0.1) is 0 Å². The van der Waals surface area contributed by atoms with Gasteiger partial charge in [0.05, 0.1) is 5.01 Å². The van der Waals surface area contributed by atoms with Crippen LogP contribution in [-0.2, 0) is 9.63 Å². The molecule has 0 aliphatic carbocycles. The molecule has 20 heavy (non-hydrogen) atoms. The van der Waals surface area contributed by atoms with Gasteiger partial charge in [-0.15, -0.1) is 16.4 Å². The first kappa shape index (κ1) is 14.9. The van der Waals surface area contributed by atoms with Crippen molar-refractivity contribution in [3.63, 3.8) is 0 Å². The van der Waals surface area contributed by atoms with Crippen molar-refractivity contribution in [3.05, 3.63) is 16.1 Å². The van der Waals surface area contributed by atoms with Crippen molar-refractivity contribution in [1.29, 1.82) is 0 Å². The van der Waals surface area contributed by atoms with Gasteiger partial charge in [0.15, 0.2) is 6.29 Å². The molecule has 2 rings (SSSR count). The molecule has 5 nitrogen and oxygen atoms in total. The van der Waals surface area contributed by atoms with E-state index in [1.54, 1.807) is 5.38 Å². The largest absolute Gasteiger partial charge is 0.492 e. The number of alkyl halides is 3. The number of hydroxylamine groups is 2. The van der Waals surface area contributed by atoms with E-state index in [1.807, 2.05) is 0 Å². The van der Waals surface area contributed by atoms with E-state index < -0.39 is 12.1 Å². The zero-order chi connectivity index (χ0) is 14.8. The lowest BCUT2D eigenvalue weighted by Gasteiger charge is -2.29. The van der Waals surface area contributed by atoms with Crippen molar-refractivity contribution in [1.82, 2.24) is 10.0 Å². The lowest BCUT2D eigenvalue weighted by Crippen LogP contribution is -2.39. The SMILES string of the molecule is O=Cc1csc(C2CCN(OC(=O)C(F)(F)F)CC2)n1. The van der Waals surface area contributed by atoms with Gasteiger partial charge in [0.25, 0.3) is 0 Å². The normalized spacial score (nSPS) is 17.9. The summed E-state index contributed by atoms with van der Waals surface area (Å²) >= 11 is 1.35. The van der Waals surface area contributed by atoms with E-state index in [4.69, 9.17) is 0 Å². The minimum Gasteiger partial charge on any atom is -0.361 e. The Morgan fingerprint density at radius 1 is 1.45 bits per heavy atom. The van der Waals surface area contributed by atoms with E-state index in [0.717, 1.165) is 10.1 Å². The minimum absolute atomic E-state index is 0.0783. The molecule has 0 radical (unpaired) electrons. The highest BCUT2D eigenvalue weighted by molar-refractivity contribution is 7.09. The first-order valence-electron chi connectivity index (χ1n) is 5.85. The monoisotopic (exact) mass is 308 g/mol. The number of aldehydes is 1. The van der Waals surface area contributed by atoms with Crippen molar-refractivity contribution in [3.8, 4) is 0 Å². The Kier molecular flexibility index (Phi) is 4.39. The number of halogens is 3. The molecular weight excluding hydrogens is 297 g/mol. The first-order valence-corrected chi connectivity index (χ1v) is 6.73. The number of thiazole rings is 1. The van der Waals surface area contributed by atoms with Gasteiger partial charge >= 0.3 is 12.1 Å². The number of hydrogen-bond acceptors (Lipinski definition) is 6. The van der Waals surface area contributed by atoms with Gasteiger partial charge in [-0.25, -0.2) is 9.78 Å². The van der Waals surface area contributed by atoms with E-state index >= 15 is 0 Å². The predicted octanol–water partition coefficient (Wildman–Crippen LogP) is 2.16. The first-order chi connectivity index (χ1) is 9.40. The second-order valence-electron chi connectivity index (χ2n) is 4.31. The highest BCUT2D eigenvalue weighted by Gasteiger charge is 2.43. The van der Waals surface area contributed by atoms with Gasteiger partial charge < -0.3 is 4.84 Å². The summed E-state index contributed by atoms with van der Waals surface area (Å²) in [6.45, 7) is 0.422. The quantitative estimate of drug-likeness (QED) is 0.801. The van der Waals surface area contributed by atoms with Crippen LogP contribution in [0.1, 0.15) is 34.3 Å². The molecule has 0 amide bonds. The predicted molar refractivity (Wildman–Crippen MR) is 63.2 cm³/mol. The molecule has 1 aliphatic heterocycles. The third-order valence-corrected chi connectivity index (χ3v) is 3.93. The summed E-state index contributed by atoms with van der Waals surface area (Å²) < 4.78 is 36.1. The second-order valence-corrected chi connectivity index (χ2v) is 5.20. The van der Waals surface area contributed by atoms with Gasteiger partial charge in [-0.05, 0) is 12.8 Å². The molecule has 1 saturated heterocycles. The highest BCUT2D eigenvalue weighted by atomic mass is 32.1. The van der Waals surface area contributed by atoms with Crippen molar-refractivity contribution in [2.24, 2.45) is 0 Å². The summed E-state index contributed by atoms with van der Waals surface area (Å²) in [6.07, 6.45) is -3.28. The van der Waals surface area contributed by atoms with Crippen LogP contribution in [0.2, 0.25) is 0 Å². The van der Waals surface area contributed by atoms with Crippen LogP contribution < -0.4 is 0 Å². The number of rotatable bonds is 3. The van der Waals surface area contributed by atoms with Crippen molar-refractivity contribution < 1.29 is 27.6 Å². The molecule has 0 aromatic carbocycles. The summed E-state index contributed by atoms with van der Waals surface area (Å²) in [5.74, 6) is -2.12. The van der Waals surface area contributed by atoms with Gasteiger partial charge in [0.1, 0.15) is 5.69 Å². The number of carbonyl (C=O) groups excluding carboxylic acids is 2. The summed E-state index contributed by atoms with van der Waals surface area (Å²) in [7, 11) is 0. The minimum atomic E-state index is -4.98. The Morgan fingerprint density at radius 2 is 2.10 bits per heavy atom. The number of carbonyl (C=O) groups is 2. The molecule has 1 aromatic heterocycles. The molecule has 0 bridgehead atoms. The van der Waals surface area contributed by atoms with Crippen LogP contribution in [0.5, 0.6) is 0 Å². The van der Waals surface area contributed by atoms with Gasteiger partial charge in [0, 0.05) is 24.4 Å². The number of aromatic nitrogens is 1. The lowest BCUT2D eigenvalue weighted by molar-refractivity contribution is -0.241. The van der Waals surface area contributed by atoms with Gasteiger partial charge in [-0.2, -0.15) is 13.2 Å². The molecule has 1 aromatic rings. The maximum absolute atomic E-state index is 12.0. The fourth-order valence-corrected chi connectivity index (χ4v) is 2.84. The Hall–Kier alpha value is -1.48. The maximum Gasteiger partial charge on any atom is 0.492 e. The number of piperidine rings is 1. The second kappa shape index (κ2) is 5.88. The van der Waals surface area contributed by atoms with E-state index in [9.17, 15) is 22.8 Å². The van der Waals surface area contributed by atoms with Crippen LogP contribution in [-0.4, -0.2) is 41.6 Å². The molecule has 0 spiro atoms. The lowest BCUT2D eigenvalue weighted by atomic mass is 9.99. The summed E-state index contributed by atoms with van der Waals surface area (Å²) in [6, 6.07) is 0. The topological polar surface area (TPSA) is 59.5 Å². The fraction of sp³-hybridized carbons (Fsp3) is 0.545. The summed E-state index contributed by atoms with van der Waals surface area (Å²) in [5, 5.41) is 3.44. The fourth-order valence-electron chi connectivity index (χ4n) is 1.91. The molecule has 110 valence electrons. The van der Waals surface area contributed by atoms with Crippen LogP contribution in [0.25, 0.3) is 0 Å². The average molecular weight is 308 g/mol. The zero-order valence-electron chi connectivity index (χ0n) is 10.2. The summed E-state index contributed by atoms with van der Waals surface area (Å²) in [5.41, 5.74) is 0.357. The Morgan fingerprint density at radius 3 is 2.60 bits per heavy atom. The van der Waals surface area contributed by atoms with Crippen molar-refractivity contribution in [2.45, 2.75) is 24.9 Å². The summed E-state index contributed by atoms with van der Waals surface area (Å²) in [4.78, 5) is 29.6. The van der Waals surface area contributed by atoms with Crippen LogP contribution in [0.15, 0.2) is 5.38 Å². The van der Waals surface area contributed by atoms with E-state index in [0.29, 0.717) is 24.8 Å². The Balaban J connectivity index is 1.86. The van der Waals surface area contributed by atoms with Crippen LogP contribution in [0.3, 0.4) is 0 Å². The Bertz CT molecular complexity index is 495. The molecular formula is C11H11F3N2O3S. The molecule has 1 aliphatic rings.